The molecule has 4 aromatic rings. The van der Waals surface area contributed by atoms with E-state index < -0.39 is 0 Å². The number of fused-ring (bicyclic) bond motifs is 1. The third kappa shape index (κ3) is 4.37. The Morgan fingerprint density at radius 3 is 2.22 bits per heavy atom. The van der Waals surface area contributed by atoms with Gasteiger partial charge in [0, 0.05) is 5.56 Å². The summed E-state index contributed by atoms with van der Waals surface area (Å²) in [5.74, 6) is 1.69. The van der Waals surface area contributed by atoms with Crippen molar-refractivity contribution in [1.82, 2.24) is 15.3 Å². The molecule has 1 heterocycles. The van der Waals surface area contributed by atoms with E-state index in [1.165, 1.54) is 21.3 Å². The number of benzene rings is 3. The molecule has 3 aromatic carbocycles. The largest absolute Gasteiger partial charge is 0.493 e. The third-order valence-electron chi connectivity index (χ3n) is 5.25. The third-order valence-corrected chi connectivity index (χ3v) is 5.25. The van der Waals surface area contributed by atoms with Gasteiger partial charge in [0.1, 0.15) is 5.82 Å². The number of carbonyl (C=O) groups is 1. The number of imidazole rings is 1. The van der Waals surface area contributed by atoms with Crippen molar-refractivity contribution in [2.24, 2.45) is 0 Å². The maximum atomic E-state index is 13.3. The molecule has 0 spiro atoms. The lowest BCUT2D eigenvalue weighted by atomic mass is 10.0. The van der Waals surface area contributed by atoms with Crippen molar-refractivity contribution >= 4 is 16.9 Å². The van der Waals surface area contributed by atoms with E-state index in [1.54, 1.807) is 12.1 Å². The van der Waals surface area contributed by atoms with Crippen LogP contribution in [0.1, 0.15) is 27.8 Å². The summed E-state index contributed by atoms with van der Waals surface area (Å²) in [5.41, 5.74) is 3.25. The Bertz CT molecular complexity index is 1160. The van der Waals surface area contributed by atoms with Gasteiger partial charge in [-0.2, -0.15) is 0 Å². The maximum Gasteiger partial charge on any atom is 0.252 e. The Labute approximate surface area is 186 Å². The molecule has 7 heteroatoms. The zero-order chi connectivity index (χ0) is 22.5. The molecule has 7 nitrogen and oxygen atoms in total. The molecular weight excluding hydrogens is 406 g/mol. The minimum absolute atomic E-state index is 0.273. The van der Waals surface area contributed by atoms with E-state index in [4.69, 9.17) is 19.2 Å². The number of nitrogens with zero attached hydrogens (tertiary/aromatic N) is 1. The summed E-state index contributed by atoms with van der Waals surface area (Å²) in [6.45, 7) is 0. The van der Waals surface area contributed by atoms with Crippen LogP contribution < -0.4 is 19.5 Å². The van der Waals surface area contributed by atoms with Crippen molar-refractivity contribution in [3.8, 4) is 17.2 Å². The molecular formula is C25H25N3O4. The smallest absolute Gasteiger partial charge is 0.252 e. The number of ether oxygens (including phenoxy) is 3. The zero-order valence-electron chi connectivity index (χ0n) is 18.2. The number of rotatable bonds is 8. The Morgan fingerprint density at radius 2 is 1.59 bits per heavy atom. The average molecular weight is 431 g/mol. The van der Waals surface area contributed by atoms with Gasteiger partial charge in [0.2, 0.25) is 5.75 Å². The van der Waals surface area contributed by atoms with Gasteiger partial charge >= 0.3 is 0 Å². The highest BCUT2D eigenvalue weighted by molar-refractivity contribution is 5.96. The lowest BCUT2D eigenvalue weighted by Crippen LogP contribution is -2.30. The van der Waals surface area contributed by atoms with Crippen LogP contribution in [0.3, 0.4) is 0 Å². The van der Waals surface area contributed by atoms with Crippen molar-refractivity contribution in [3.05, 3.63) is 83.7 Å². The highest BCUT2D eigenvalue weighted by atomic mass is 16.5. The predicted molar refractivity (Wildman–Crippen MR) is 123 cm³/mol. The molecule has 4 rings (SSSR count). The second-order valence-electron chi connectivity index (χ2n) is 7.27. The first kappa shape index (κ1) is 21.2. The van der Waals surface area contributed by atoms with E-state index in [0.717, 1.165) is 16.6 Å². The van der Waals surface area contributed by atoms with Crippen molar-refractivity contribution in [2.45, 2.75) is 12.5 Å². The first-order chi connectivity index (χ1) is 15.6. The predicted octanol–water partition coefficient (Wildman–Crippen LogP) is 4.30. The molecule has 2 N–H and O–H groups in total. The van der Waals surface area contributed by atoms with Crippen LogP contribution in [0.5, 0.6) is 17.2 Å². The fourth-order valence-corrected chi connectivity index (χ4v) is 3.66. The van der Waals surface area contributed by atoms with E-state index >= 15 is 0 Å². The molecule has 0 saturated carbocycles. The van der Waals surface area contributed by atoms with Gasteiger partial charge in [-0.3, -0.25) is 4.79 Å². The van der Waals surface area contributed by atoms with Gasteiger partial charge in [-0.1, -0.05) is 42.5 Å². The first-order valence-electron chi connectivity index (χ1n) is 10.2. The van der Waals surface area contributed by atoms with Crippen LogP contribution in [0.2, 0.25) is 0 Å². The number of H-pyrrole nitrogens is 1. The number of aromatic amines is 1. The van der Waals surface area contributed by atoms with Crippen molar-refractivity contribution in [1.29, 1.82) is 0 Å². The van der Waals surface area contributed by atoms with Crippen LogP contribution in [-0.2, 0) is 6.42 Å². The molecule has 32 heavy (non-hydrogen) atoms. The van der Waals surface area contributed by atoms with Crippen LogP contribution in [0.4, 0.5) is 0 Å². The molecule has 164 valence electrons. The Balaban J connectivity index is 1.68. The molecule has 0 aliphatic carbocycles. The van der Waals surface area contributed by atoms with Crippen molar-refractivity contribution in [2.75, 3.05) is 21.3 Å². The van der Waals surface area contributed by atoms with E-state index in [-0.39, 0.29) is 11.9 Å². The number of hydrogen-bond acceptors (Lipinski definition) is 5. The first-order valence-corrected chi connectivity index (χ1v) is 10.2. The Morgan fingerprint density at radius 1 is 0.938 bits per heavy atom. The average Bonchev–Trinajstić information content (AvgIpc) is 3.27. The fourth-order valence-electron chi connectivity index (χ4n) is 3.66. The van der Waals surface area contributed by atoms with E-state index in [0.29, 0.717) is 35.1 Å². The molecule has 0 aliphatic rings. The quantitative estimate of drug-likeness (QED) is 0.434. The summed E-state index contributed by atoms with van der Waals surface area (Å²) in [4.78, 5) is 21.3. The molecule has 0 bridgehead atoms. The van der Waals surface area contributed by atoms with Crippen molar-refractivity contribution in [3.63, 3.8) is 0 Å². The summed E-state index contributed by atoms with van der Waals surface area (Å²) in [5, 5.41) is 3.11. The number of nitrogens with one attached hydrogen (secondary N) is 2. The van der Waals surface area contributed by atoms with Gasteiger partial charge in [0.05, 0.1) is 38.4 Å². The van der Waals surface area contributed by atoms with Crippen molar-refractivity contribution < 1.29 is 19.0 Å². The molecule has 0 aliphatic heterocycles. The summed E-state index contributed by atoms with van der Waals surface area (Å²) >= 11 is 0. The normalized spacial score (nSPS) is 11.7. The van der Waals surface area contributed by atoms with E-state index in [1.807, 2.05) is 54.6 Å². The van der Waals surface area contributed by atoms with Crippen LogP contribution >= 0.6 is 0 Å². The zero-order valence-corrected chi connectivity index (χ0v) is 18.2. The number of amides is 1. The summed E-state index contributed by atoms with van der Waals surface area (Å²) in [7, 11) is 4.56. The minimum Gasteiger partial charge on any atom is -0.493 e. The molecule has 0 saturated heterocycles. The highest BCUT2D eigenvalue weighted by Gasteiger charge is 2.22. The number of methoxy groups -OCH3 is 3. The van der Waals surface area contributed by atoms with Gasteiger partial charge < -0.3 is 24.5 Å². The SMILES string of the molecule is COc1cc(C(=O)N[C@@H](Cc2ccccc2)c2nc3ccccc3[nH]2)cc(OC)c1OC. The monoisotopic (exact) mass is 431 g/mol. The molecule has 1 amide bonds. The topological polar surface area (TPSA) is 85.5 Å². The van der Waals surface area contributed by atoms with Crippen LogP contribution in [0, 0.1) is 0 Å². The number of hydrogen-bond donors (Lipinski definition) is 2. The number of carbonyl (C=O) groups excluding carboxylic acids is 1. The lowest BCUT2D eigenvalue weighted by molar-refractivity contribution is 0.0934. The molecule has 0 fully saturated rings. The van der Waals surface area contributed by atoms with Gasteiger partial charge in [-0.25, -0.2) is 4.98 Å². The molecule has 0 radical (unpaired) electrons. The standard InChI is InChI=1S/C25H25N3O4/c1-30-21-14-17(15-22(31-2)23(21)32-3)25(29)28-20(13-16-9-5-4-6-10-16)24-26-18-11-7-8-12-19(18)27-24/h4-12,14-15,20H,13H2,1-3H3,(H,26,27)(H,28,29)/t20-/m0/s1. The second-order valence-corrected chi connectivity index (χ2v) is 7.27. The Hall–Kier alpha value is -4.00. The van der Waals surface area contributed by atoms with E-state index in [2.05, 4.69) is 10.3 Å². The minimum atomic E-state index is -0.364. The van der Waals surface area contributed by atoms with Crippen LogP contribution in [0.15, 0.2) is 66.7 Å². The van der Waals surface area contributed by atoms with Gasteiger partial charge in [0.15, 0.2) is 11.5 Å². The number of para-hydroxylation sites is 2. The highest BCUT2D eigenvalue weighted by Crippen LogP contribution is 2.38. The van der Waals surface area contributed by atoms with Gasteiger partial charge in [-0.05, 0) is 36.2 Å². The van der Waals surface area contributed by atoms with Crippen LogP contribution in [0.25, 0.3) is 11.0 Å². The fraction of sp³-hybridized carbons (Fsp3) is 0.200. The lowest BCUT2D eigenvalue weighted by Gasteiger charge is -2.18. The maximum absolute atomic E-state index is 13.3. The van der Waals surface area contributed by atoms with Crippen LogP contribution in [-0.4, -0.2) is 37.2 Å². The second kappa shape index (κ2) is 9.43. The molecule has 0 unspecified atom stereocenters. The van der Waals surface area contributed by atoms with Gasteiger partial charge in [-0.15, -0.1) is 0 Å². The van der Waals surface area contributed by atoms with Gasteiger partial charge in [0.25, 0.3) is 5.91 Å². The van der Waals surface area contributed by atoms with E-state index in [9.17, 15) is 4.79 Å². The summed E-state index contributed by atoms with van der Waals surface area (Å²) in [6.07, 6.45) is 0.580. The number of aromatic nitrogens is 2. The Kier molecular flexibility index (Phi) is 6.26. The molecule has 1 atom stereocenters. The summed E-state index contributed by atoms with van der Waals surface area (Å²) in [6, 6.07) is 20.7. The molecule has 1 aromatic heterocycles. The summed E-state index contributed by atoms with van der Waals surface area (Å²) < 4.78 is 16.1.